The third-order valence-electron chi connectivity index (χ3n) is 2.45. The highest BCUT2D eigenvalue weighted by Gasteiger charge is 2.23. The van der Waals surface area contributed by atoms with E-state index in [1.54, 1.807) is 13.0 Å². The summed E-state index contributed by atoms with van der Waals surface area (Å²) in [6, 6.07) is 3.02. The van der Waals surface area contributed by atoms with Gasteiger partial charge >= 0.3 is 5.69 Å². The molecule has 0 aromatic heterocycles. The molecule has 0 aliphatic heterocycles. The molecule has 0 fully saturated rings. The molecule has 100 valence electrons. The molecule has 5 nitrogen and oxygen atoms in total. The van der Waals surface area contributed by atoms with Crippen molar-refractivity contribution >= 4 is 21.6 Å². The lowest BCUT2D eigenvalue weighted by Gasteiger charge is -2.14. The van der Waals surface area contributed by atoms with Gasteiger partial charge in [0.25, 0.3) is 0 Å². The number of nitro groups is 1. The predicted molar refractivity (Wildman–Crippen MR) is 71.8 cm³/mol. The van der Waals surface area contributed by atoms with E-state index in [-0.39, 0.29) is 11.4 Å². The highest BCUT2D eigenvalue weighted by atomic mass is 79.9. The van der Waals surface area contributed by atoms with Gasteiger partial charge in [-0.15, -0.1) is 0 Å². The summed E-state index contributed by atoms with van der Waals surface area (Å²) in [5.41, 5.74) is 0.295. The smallest absolute Gasteiger partial charge is 0.312 e. The molecule has 0 heterocycles. The fourth-order valence-electron chi connectivity index (χ4n) is 1.52. The minimum atomic E-state index is -0.821. The molecular formula is C12H16BrNO4. The first-order chi connectivity index (χ1) is 8.47. The quantitative estimate of drug-likeness (QED) is 0.494. The van der Waals surface area contributed by atoms with Crippen LogP contribution in [0.5, 0.6) is 5.75 Å². The van der Waals surface area contributed by atoms with E-state index in [1.165, 1.54) is 6.07 Å². The van der Waals surface area contributed by atoms with Gasteiger partial charge in [0.05, 0.1) is 17.6 Å². The van der Waals surface area contributed by atoms with Gasteiger partial charge in [0, 0.05) is 16.1 Å². The molecule has 0 saturated heterocycles. The first kappa shape index (κ1) is 14.9. The summed E-state index contributed by atoms with van der Waals surface area (Å²) in [5.74, 6) is 0.159. The molecule has 1 N–H and O–H groups in total. The van der Waals surface area contributed by atoms with Crippen LogP contribution in [0.4, 0.5) is 5.69 Å². The molecule has 0 unspecified atom stereocenters. The van der Waals surface area contributed by atoms with Crippen molar-refractivity contribution in [3.63, 3.8) is 0 Å². The molecule has 18 heavy (non-hydrogen) atoms. The molecule has 1 atom stereocenters. The molecule has 6 heteroatoms. The lowest BCUT2D eigenvalue weighted by Crippen LogP contribution is -2.05. The molecule has 0 aliphatic carbocycles. The van der Waals surface area contributed by atoms with Crippen LogP contribution in [0, 0.1) is 10.1 Å². The fraction of sp³-hybridized carbons (Fsp3) is 0.500. The number of rotatable bonds is 6. The summed E-state index contributed by atoms with van der Waals surface area (Å²) in [5, 5.41) is 20.7. The highest BCUT2D eigenvalue weighted by Crippen LogP contribution is 2.37. The SMILES string of the molecule is CCCCOc1c([C@H](C)O)cc(Br)cc1[N+](=O)[O-]. The van der Waals surface area contributed by atoms with E-state index in [0.717, 1.165) is 12.8 Å². The van der Waals surface area contributed by atoms with E-state index >= 15 is 0 Å². The Hall–Kier alpha value is -1.14. The summed E-state index contributed by atoms with van der Waals surface area (Å²) < 4.78 is 6.01. The standard InChI is InChI=1S/C12H16BrNO4/c1-3-4-5-18-12-10(8(2)15)6-9(13)7-11(12)14(16)17/h6-8,15H,3-5H2,1-2H3/t8-/m0/s1. The van der Waals surface area contributed by atoms with Crippen LogP contribution in [0.25, 0.3) is 0 Å². The van der Waals surface area contributed by atoms with Crippen LogP contribution in [0.3, 0.4) is 0 Å². The van der Waals surface area contributed by atoms with Gasteiger partial charge in [0.15, 0.2) is 0 Å². The third kappa shape index (κ3) is 3.68. The van der Waals surface area contributed by atoms with E-state index in [4.69, 9.17) is 4.74 Å². The first-order valence-electron chi connectivity index (χ1n) is 5.76. The van der Waals surface area contributed by atoms with Gasteiger partial charge in [-0.05, 0) is 19.4 Å². The Morgan fingerprint density at radius 2 is 2.22 bits per heavy atom. The van der Waals surface area contributed by atoms with Crippen LogP contribution in [0.2, 0.25) is 0 Å². The molecule has 0 amide bonds. The molecule has 1 rings (SSSR count). The van der Waals surface area contributed by atoms with Gasteiger partial charge in [-0.1, -0.05) is 29.3 Å². The maximum atomic E-state index is 11.0. The molecule has 0 radical (unpaired) electrons. The number of aliphatic hydroxyl groups is 1. The highest BCUT2D eigenvalue weighted by molar-refractivity contribution is 9.10. The zero-order valence-electron chi connectivity index (χ0n) is 10.4. The molecule has 0 saturated carbocycles. The van der Waals surface area contributed by atoms with Crippen molar-refractivity contribution in [2.75, 3.05) is 6.61 Å². The van der Waals surface area contributed by atoms with Crippen LogP contribution in [-0.2, 0) is 0 Å². The number of unbranched alkanes of at least 4 members (excludes halogenated alkanes) is 1. The van der Waals surface area contributed by atoms with Crippen molar-refractivity contribution in [1.82, 2.24) is 0 Å². The van der Waals surface area contributed by atoms with E-state index in [0.29, 0.717) is 16.6 Å². The Bertz CT molecular complexity index is 434. The first-order valence-corrected chi connectivity index (χ1v) is 6.55. The minimum Gasteiger partial charge on any atom is -0.487 e. The van der Waals surface area contributed by atoms with Crippen molar-refractivity contribution in [1.29, 1.82) is 0 Å². The minimum absolute atomic E-state index is 0.128. The van der Waals surface area contributed by atoms with Crippen LogP contribution >= 0.6 is 15.9 Å². The number of nitro benzene ring substituents is 1. The lowest BCUT2D eigenvalue weighted by atomic mass is 10.1. The van der Waals surface area contributed by atoms with Crippen LogP contribution in [0.15, 0.2) is 16.6 Å². The summed E-state index contributed by atoms with van der Waals surface area (Å²) in [4.78, 5) is 10.5. The second-order valence-electron chi connectivity index (χ2n) is 3.98. The number of aliphatic hydroxyl groups excluding tert-OH is 1. The van der Waals surface area contributed by atoms with E-state index in [1.807, 2.05) is 6.92 Å². The molecule has 1 aromatic carbocycles. The number of ether oxygens (including phenoxy) is 1. The Morgan fingerprint density at radius 1 is 1.56 bits per heavy atom. The van der Waals surface area contributed by atoms with Gasteiger partial charge in [-0.2, -0.15) is 0 Å². The summed E-state index contributed by atoms with van der Waals surface area (Å²) >= 11 is 3.19. The van der Waals surface area contributed by atoms with Gasteiger partial charge in [-0.3, -0.25) is 10.1 Å². The van der Waals surface area contributed by atoms with Crippen molar-refractivity contribution in [3.05, 3.63) is 32.3 Å². The maximum Gasteiger partial charge on any atom is 0.312 e. The van der Waals surface area contributed by atoms with Crippen molar-refractivity contribution in [3.8, 4) is 5.75 Å². The zero-order valence-corrected chi connectivity index (χ0v) is 11.9. The van der Waals surface area contributed by atoms with E-state index in [2.05, 4.69) is 15.9 Å². The maximum absolute atomic E-state index is 11.0. The van der Waals surface area contributed by atoms with Gasteiger partial charge in [0.1, 0.15) is 0 Å². The average Bonchev–Trinajstić information content (AvgIpc) is 2.30. The van der Waals surface area contributed by atoms with E-state index < -0.39 is 11.0 Å². The fourth-order valence-corrected chi connectivity index (χ4v) is 1.99. The second-order valence-corrected chi connectivity index (χ2v) is 4.89. The van der Waals surface area contributed by atoms with Gasteiger partial charge in [-0.25, -0.2) is 0 Å². The Labute approximate surface area is 114 Å². The zero-order chi connectivity index (χ0) is 13.7. The van der Waals surface area contributed by atoms with Crippen LogP contribution in [-0.4, -0.2) is 16.6 Å². The lowest BCUT2D eigenvalue weighted by molar-refractivity contribution is -0.386. The van der Waals surface area contributed by atoms with Crippen molar-refractivity contribution in [2.24, 2.45) is 0 Å². The Morgan fingerprint density at radius 3 is 2.72 bits per heavy atom. The summed E-state index contributed by atoms with van der Waals surface area (Å²) in [7, 11) is 0. The average molecular weight is 318 g/mol. The molecule has 0 spiro atoms. The van der Waals surface area contributed by atoms with Crippen LogP contribution < -0.4 is 4.74 Å². The second kappa shape index (κ2) is 6.70. The van der Waals surface area contributed by atoms with Gasteiger partial charge in [0.2, 0.25) is 5.75 Å². The van der Waals surface area contributed by atoms with Gasteiger partial charge < -0.3 is 9.84 Å². The van der Waals surface area contributed by atoms with Crippen molar-refractivity contribution in [2.45, 2.75) is 32.8 Å². The number of nitrogens with zero attached hydrogens (tertiary/aromatic N) is 1. The number of benzene rings is 1. The topological polar surface area (TPSA) is 72.6 Å². The number of halogens is 1. The summed E-state index contributed by atoms with van der Waals surface area (Å²) in [6.45, 7) is 3.96. The monoisotopic (exact) mass is 317 g/mol. The molecule has 1 aromatic rings. The number of hydrogen-bond acceptors (Lipinski definition) is 4. The normalized spacial score (nSPS) is 12.2. The van der Waals surface area contributed by atoms with Crippen molar-refractivity contribution < 1.29 is 14.8 Å². The molecule has 0 aliphatic rings. The third-order valence-corrected chi connectivity index (χ3v) is 2.91. The van der Waals surface area contributed by atoms with Crippen LogP contribution in [0.1, 0.15) is 38.4 Å². The predicted octanol–water partition coefficient (Wildman–Crippen LogP) is 3.59. The largest absolute Gasteiger partial charge is 0.487 e. The van der Waals surface area contributed by atoms with E-state index in [9.17, 15) is 15.2 Å². The molecular weight excluding hydrogens is 302 g/mol. The summed E-state index contributed by atoms with van der Waals surface area (Å²) in [6.07, 6.45) is 0.929. The molecule has 0 bridgehead atoms. The Kier molecular flexibility index (Phi) is 5.55. The Balaban J connectivity index is 3.18. The number of hydrogen-bond donors (Lipinski definition) is 1.